The molecule has 1 aromatic rings. The minimum atomic E-state index is -0.748. The van der Waals surface area contributed by atoms with Crippen LogP contribution in [0.25, 0.3) is 0 Å². The molecule has 0 fully saturated rings. The summed E-state index contributed by atoms with van der Waals surface area (Å²) in [5, 5.41) is 11.9. The van der Waals surface area contributed by atoms with Crippen LogP contribution in [0.5, 0.6) is 5.75 Å². The van der Waals surface area contributed by atoms with E-state index >= 15 is 0 Å². The van der Waals surface area contributed by atoms with Gasteiger partial charge in [-0.15, -0.1) is 0 Å². The van der Waals surface area contributed by atoms with Crippen molar-refractivity contribution in [1.82, 2.24) is 4.90 Å². The predicted molar refractivity (Wildman–Crippen MR) is 73.9 cm³/mol. The van der Waals surface area contributed by atoms with Crippen molar-refractivity contribution in [3.8, 4) is 5.75 Å². The summed E-state index contributed by atoms with van der Waals surface area (Å²) < 4.78 is 5.53. The third kappa shape index (κ3) is 4.13. The number of nitrogens with zero attached hydrogens (tertiary/aromatic N) is 1. The number of ether oxygens (including phenoxy) is 1. The topological polar surface area (TPSA) is 61.8 Å². The van der Waals surface area contributed by atoms with Crippen molar-refractivity contribution in [3.05, 3.63) is 23.8 Å². The summed E-state index contributed by atoms with van der Waals surface area (Å²) >= 11 is 0. The van der Waals surface area contributed by atoms with Crippen LogP contribution in [-0.4, -0.2) is 49.3 Å². The quantitative estimate of drug-likeness (QED) is 0.814. The van der Waals surface area contributed by atoms with Gasteiger partial charge in [-0.1, -0.05) is 6.07 Å². The Morgan fingerprint density at radius 3 is 3.11 bits per heavy atom. The SMILES string of the molecule is CN(CCC(=O)O)CCc1ccc2c(c1)NCCO2. The van der Waals surface area contributed by atoms with E-state index in [1.807, 2.05) is 18.0 Å². The molecule has 0 saturated carbocycles. The third-order valence-corrected chi connectivity index (χ3v) is 3.21. The third-order valence-electron chi connectivity index (χ3n) is 3.21. The second-order valence-electron chi connectivity index (χ2n) is 4.80. The number of aliphatic carboxylic acids is 1. The minimum absolute atomic E-state index is 0.191. The summed E-state index contributed by atoms with van der Waals surface area (Å²) in [5.41, 5.74) is 2.29. The van der Waals surface area contributed by atoms with E-state index in [1.54, 1.807) is 0 Å². The van der Waals surface area contributed by atoms with Gasteiger partial charge in [0.25, 0.3) is 0 Å². The molecular weight excluding hydrogens is 244 g/mol. The number of nitrogens with one attached hydrogen (secondary N) is 1. The van der Waals surface area contributed by atoms with Gasteiger partial charge in [-0.05, 0) is 31.2 Å². The van der Waals surface area contributed by atoms with Gasteiger partial charge < -0.3 is 20.1 Å². The van der Waals surface area contributed by atoms with E-state index in [9.17, 15) is 4.79 Å². The fourth-order valence-corrected chi connectivity index (χ4v) is 2.06. The molecule has 0 spiro atoms. The molecule has 2 rings (SSSR count). The molecule has 0 atom stereocenters. The lowest BCUT2D eigenvalue weighted by atomic mass is 10.1. The highest BCUT2D eigenvalue weighted by atomic mass is 16.5. The van der Waals surface area contributed by atoms with Crippen molar-refractivity contribution in [2.45, 2.75) is 12.8 Å². The number of rotatable bonds is 6. The molecule has 2 N–H and O–H groups in total. The van der Waals surface area contributed by atoms with Crippen LogP contribution in [0.1, 0.15) is 12.0 Å². The van der Waals surface area contributed by atoms with Crippen LogP contribution in [0.4, 0.5) is 5.69 Å². The number of carboxylic acids is 1. The molecule has 0 saturated heterocycles. The van der Waals surface area contributed by atoms with Crippen LogP contribution >= 0.6 is 0 Å². The van der Waals surface area contributed by atoms with Gasteiger partial charge in [0.1, 0.15) is 12.4 Å². The molecule has 0 radical (unpaired) electrons. The number of benzene rings is 1. The number of anilines is 1. The first-order valence-corrected chi connectivity index (χ1v) is 6.55. The maximum absolute atomic E-state index is 10.5. The molecule has 0 bridgehead atoms. The average Bonchev–Trinajstić information content (AvgIpc) is 2.42. The van der Waals surface area contributed by atoms with Crippen molar-refractivity contribution < 1.29 is 14.6 Å². The number of hydrogen-bond acceptors (Lipinski definition) is 4. The number of carbonyl (C=O) groups is 1. The molecule has 1 aliphatic heterocycles. The van der Waals surface area contributed by atoms with E-state index < -0.39 is 5.97 Å². The highest BCUT2D eigenvalue weighted by Crippen LogP contribution is 2.28. The van der Waals surface area contributed by atoms with Crippen molar-refractivity contribution >= 4 is 11.7 Å². The average molecular weight is 264 g/mol. The lowest BCUT2D eigenvalue weighted by Crippen LogP contribution is -2.24. The van der Waals surface area contributed by atoms with Crippen LogP contribution in [0.2, 0.25) is 0 Å². The Kier molecular flexibility index (Phi) is 4.63. The molecule has 1 aromatic carbocycles. The lowest BCUT2D eigenvalue weighted by Gasteiger charge is -2.20. The number of likely N-dealkylation sites (N-methyl/N-ethyl adjacent to an activating group) is 1. The number of hydrogen-bond donors (Lipinski definition) is 2. The smallest absolute Gasteiger partial charge is 0.304 e. The standard InChI is InChI=1S/C14H20N2O3/c1-16(8-5-14(17)18)7-4-11-2-3-13-12(10-11)15-6-9-19-13/h2-3,10,15H,4-9H2,1H3,(H,17,18). The first-order chi connectivity index (χ1) is 9.15. The molecule has 1 heterocycles. The highest BCUT2D eigenvalue weighted by Gasteiger charge is 2.10. The number of carboxylic acid groups (broad SMARTS) is 1. The highest BCUT2D eigenvalue weighted by molar-refractivity contribution is 5.66. The molecule has 0 aliphatic carbocycles. The van der Waals surface area contributed by atoms with Gasteiger partial charge in [0.15, 0.2) is 0 Å². The van der Waals surface area contributed by atoms with E-state index in [2.05, 4.69) is 17.4 Å². The van der Waals surface area contributed by atoms with E-state index in [0.29, 0.717) is 13.2 Å². The second kappa shape index (κ2) is 6.43. The Morgan fingerprint density at radius 1 is 1.47 bits per heavy atom. The molecule has 19 heavy (non-hydrogen) atoms. The summed E-state index contributed by atoms with van der Waals surface area (Å²) in [4.78, 5) is 12.5. The van der Waals surface area contributed by atoms with Crippen LogP contribution in [0, 0.1) is 0 Å². The van der Waals surface area contributed by atoms with Gasteiger partial charge in [0, 0.05) is 19.6 Å². The van der Waals surface area contributed by atoms with Gasteiger partial charge in [0.05, 0.1) is 12.1 Å². The Bertz CT molecular complexity index is 448. The van der Waals surface area contributed by atoms with Gasteiger partial charge in [0.2, 0.25) is 0 Å². The van der Waals surface area contributed by atoms with Gasteiger partial charge in [-0.2, -0.15) is 0 Å². The Hall–Kier alpha value is -1.75. The van der Waals surface area contributed by atoms with Gasteiger partial charge in [-0.3, -0.25) is 4.79 Å². The van der Waals surface area contributed by atoms with Crippen LogP contribution in [-0.2, 0) is 11.2 Å². The summed E-state index contributed by atoms with van der Waals surface area (Å²) in [6.07, 6.45) is 1.10. The Morgan fingerprint density at radius 2 is 2.32 bits per heavy atom. The molecule has 5 heteroatoms. The van der Waals surface area contributed by atoms with E-state index in [4.69, 9.17) is 9.84 Å². The van der Waals surface area contributed by atoms with E-state index in [-0.39, 0.29) is 6.42 Å². The normalized spacial score (nSPS) is 13.6. The van der Waals surface area contributed by atoms with Gasteiger partial charge in [-0.25, -0.2) is 0 Å². The van der Waals surface area contributed by atoms with Crippen molar-refractivity contribution in [2.75, 3.05) is 38.6 Å². The first-order valence-electron chi connectivity index (χ1n) is 6.55. The number of fused-ring (bicyclic) bond motifs is 1. The van der Waals surface area contributed by atoms with Crippen molar-refractivity contribution in [3.63, 3.8) is 0 Å². The summed E-state index contributed by atoms with van der Waals surface area (Å²) in [6, 6.07) is 6.17. The Balaban J connectivity index is 1.84. The molecule has 5 nitrogen and oxygen atoms in total. The zero-order valence-corrected chi connectivity index (χ0v) is 11.2. The van der Waals surface area contributed by atoms with E-state index in [0.717, 1.165) is 30.9 Å². The maximum Gasteiger partial charge on any atom is 0.304 e. The zero-order valence-electron chi connectivity index (χ0n) is 11.2. The zero-order chi connectivity index (χ0) is 13.7. The summed E-state index contributed by atoms with van der Waals surface area (Å²) in [7, 11) is 1.95. The summed E-state index contributed by atoms with van der Waals surface area (Å²) in [5.74, 6) is 0.163. The fourth-order valence-electron chi connectivity index (χ4n) is 2.06. The predicted octanol–water partition coefficient (Wildman–Crippen LogP) is 1.44. The summed E-state index contributed by atoms with van der Waals surface area (Å²) in [6.45, 7) is 2.99. The minimum Gasteiger partial charge on any atom is -0.490 e. The molecule has 0 unspecified atom stereocenters. The van der Waals surface area contributed by atoms with Crippen LogP contribution in [0.3, 0.4) is 0 Å². The second-order valence-corrected chi connectivity index (χ2v) is 4.80. The van der Waals surface area contributed by atoms with Crippen molar-refractivity contribution in [1.29, 1.82) is 0 Å². The Labute approximate surface area is 113 Å². The molecule has 0 aromatic heterocycles. The largest absolute Gasteiger partial charge is 0.490 e. The van der Waals surface area contributed by atoms with Crippen molar-refractivity contribution in [2.24, 2.45) is 0 Å². The maximum atomic E-state index is 10.5. The molecule has 1 aliphatic rings. The van der Waals surface area contributed by atoms with Crippen LogP contribution < -0.4 is 10.1 Å². The molecule has 0 amide bonds. The fraction of sp³-hybridized carbons (Fsp3) is 0.500. The monoisotopic (exact) mass is 264 g/mol. The van der Waals surface area contributed by atoms with E-state index in [1.165, 1.54) is 5.56 Å². The molecular formula is C14H20N2O3. The van der Waals surface area contributed by atoms with Crippen LogP contribution in [0.15, 0.2) is 18.2 Å². The molecule has 104 valence electrons. The van der Waals surface area contributed by atoms with Gasteiger partial charge >= 0.3 is 5.97 Å². The lowest BCUT2D eigenvalue weighted by molar-refractivity contribution is -0.137. The first kappa shape index (κ1) is 13.7.